The van der Waals surface area contributed by atoms with Gasteiger partial charge in [-0.15, -0.1) is 0 Å². The van der Waals surface area contributed by atoms with E-state index in [1.54, 1.807) is 0 Å². The Hall–Kier alpha value is -0.560. The van der Waals surface area contributed by atoms with Crippen molar-refractivity contribution < 1.29 is 4.74 Å². The molecule has 2 heterocycles. The summed E-state index contributed by atoms with van der Waals surface area (Å²) < 4.78 is 5.81. The van der Waals surface area contributed by atoms with Crippen LogP contribution in [0.4, 0.5) is 0 Å². The molecule has 0 saturated carbocycles. The summed E-state index contributed by atoms with van der Waals surface area (Å²) in [5.74, 6) is 0. The highest BCUT2D eigenvalue weighted by molar-refractivity contribution is 5.37. The SMILES string of the molecule is C=C1C[C@@H]2CC[C@@](C)(O2)C1=C. The number of hydrogen-bond donors (Lipinski definition) is 0. The van der Waals surface area contributed by atoms with Crippen molar-refractivity contribution in [2.24, 2.45) is 0 Å². The van der Waals surface area contributed by atoms with Gasteiger partial charge in [-0.2, -0.15) is 0 Å². The summed E-state index contributed by atoms with van der Waals surface area (Å²) in [5.41, 5.74) is 2.24. The second-order valence-electron chi connectivity index (χ2n) is 3.80. The lowest BCUT2D eigenvalue weighted by Crippen LogP contribution is -2.32. The molecule has 0 aromatic carbocycles. The van der Waals surface area contributed by atoms with Crippen molar-refractivity contribution in [2.45, 2.75) is 37.9 Å². The Bertz CT molecular complexity index is 229. The highest BCUT2D eigenvalue weighted by atomic mass is 16.5. The Morgan fingerprint density at radius 3 is 3.00 bits per heavy atom. The van der Waals surface area contributed by atoms with Crippen molar-refractivity contribution >= 4 is 0 Å². The maximum atomic E-state index is 5.81. The van der Waals surface area contributed by atoms with Gasteiger partial charge in [-0.25, -0.2) is 0 Å². The Morgan fingerprint density at radius 1 is 1.55 bits per heavy atom. The second-order valence-corrected chi connectivity index (χ2v) is 3.80. The van der Waals surface area contributed by atoms with Gasteiger partial charge in [-0.1, -0.05) is 13.2 Å². The molecular formula is C10H14O. The van der Waals surface area contributed by atoms with Crippen LogP contribution in [0, 0.1) is 0 Å². The van der Waals surface area contributed by atoms with Gasteiger partial charge in [-0.3, -0.25) is 0 Å². The number of fused-ring (bicyclic) bond motifs is 2. The Morgan fingerprint density at radius 2 is 2.27 bits per heavy atom. The maximum absolute atomic E-state index is 5.81. The summed E-state index contributed by atoms with van der Waals surface area (Å²) in [5, 5.41) is 0. The van der Waals surface area contributed by atoms with Crippen LogP contribution < -0.4 is 0 Å². The monoisotopic (exact) mass is 150 g/mol. The predicted molar refractivity (Wildman–Crippen MR) is 45.4 cm³/mol. The van der Waals surface area contributed by atoms with Crippen LogP contribution in [0.1, 0.15) is 26.2 Å². The van der Waals surface area contributed by atoms with Crippen molar-refractivity contribution in [2.75, 3.05) is 0 Å². The van der Waals surface area contributed by atoms with Gasteiger partial charge in [0, 0.05) is 0 Å². The van der Waals surface area contributed by atoms with Gasteiger partial charge in [0.1, 0.15) is 0 Å². The minimum atomic E-state index is -0.0694. The first-order valence-electron chi connectivity index (χ1n) is 4.17. The Labute approximate surface area is 67.7 Å². The van der Waals surface area contributed by atoms with Crippen molar-refractivity contribution in [3.63, 3.8) is 0 Å². The first kappa shape index (κ1) is 7.11. The van der Waals surface area contributed by atoms with Crippen molar-refractivity contribution in [3.8, 4) is 0 Å². The van der Waals surface area contributed by atoms with Crippen LogP contribution in [0.5, 0.6) is 0 Å². The molecule has 2 aliphatic rings. The molecule has 2 fully saturated rings. The van der Waals surface area contributed by atoms with Gasteiger partial charge in [0.2, 0.25) is 0 Å². The first-order chi connectivity index (χ1) is 5.12. The fraction of sp³-hybridized carbons (Fsp3) is 0.600. The maximum Gasteiger partial charge on any atom is 0.0904 e. The lowest BCUT2D eigenvalue weighted by atomic mass is 9.89. The van der Waals surface area contributed by atoms with Crippen LogP contribution in [0.2, 0.25) is 0 Å². The normalized spacial score (nSPS) is 43.2. The minimum absolute atomic E-state index is 0.0694. The lowest BCUT2D eigenvalue weighted by molar-refractivity contribution is -0.0145. The zero-order valence-electron chi connectivity index (χ0n) is 7.02. The average Bonchev–Trinajstić information content (AvgIpc) is 2.27. The summed E-state index contributed by atoms with van der Waals surface area (Å²) in [7, 11) is 0. The molecule has 2 saturated heterocycles. The summed E-state index contributed by atoms with van der Waals surface area (Å²) in [4.78, 5) is 0. The van der Waals surface area contributed by atoms with E-state index in [1.165, 1.54) is 12.0 Å². The summed E-state index contributed by atoms with van der Waals surface area (Å²) in [6, 6.07) is 0. The third-order valence-corrected chi connectivity index (χ3v) is 2.91. The Balaban J connectivity index is 2.35. The van der Waals surface area contributed by atoms with Crippen LogP contribution in [-0.2, 0) is 4.74 Å². The van der Waals surface area contributed by atoms with E-state index in [0.717, 1.165) is 18.4 Å². The van der Waals surface area contributed by atoms with Gasteiger partial charge < -0.3 is 4.74 Å². The first-order valence-corrected chi connectivity index (χ1v) is 4.17. The van der Waals surface area contributed by atoms with E-state index in [2.05, 4.69) is 20.1 Å². The van der Waals surface area contributed by atoms with E-state index < -0.39 is 0 Å². The van der Waals surface area contributed by atoms with Crippen LogP contribution in [0.25, 0.3) is 0 Å². The molecule has 2 atom stereocenters. The molecule has 0 radical (unpaired) electrons. The molecule has 2 aliphatic heterocycles. The summed E-state index contributed by atoms with van der Waals surface area (Å²) >= 11 is 0. The van der Waals surface area contributed by atoms with E-state index in [-0.39, 0.29) is 5.60 Å². The average molecular weight is 150 g/mol. The van der Waals surface area contributed by atoms with E-state index in [0.29, 0.717) is 6.10 Å². The quantitative estimate of drug-likeness (QED) is 0.515. The molecule has 1 nitrogen and oxygen atoms in total. The fourth-order valence-electron chi connectivity index (χ4n) is 2.06. The highest BCUT2D eigenvalue weighted by Gasteiger charge is 2.43. The number of hydrogen-bond acceptors (Lipinski definition) is 1. The molecule has 0 N–H and O–H groups in total. The van der Waals surface area contributed by atoms with E-state index >= 15 is 0 Å². The Kier molecular flexibility index (Phi) is 1.28. The highest BCUT2D eigenvalue weighted by Crippen LogP contribution is 2.45. The summed E-state index contributed by atoms with van der Waals surface area (Å²) in [6.07, 6.45) is 3.72. The molecule has 60 valence electrons. The number of rotatable bonds is 0. The zero-order valence-corrected chi connectivity index (χ0v) is 7.02. The van der Waals surface area contributed by atoms with Crippen molar-refractivity contribution in [1.82, 2.24) is 0 Å². The van der Waals surface area contributed by atoms with Crippen LogP contribution in [-0.4, -0.2) is 11.7 Å². The molecule has 0 aromatic rings. The molecule has 1 heteroatoms. The van der Waals surface area contributed by atoms with Gasteiger partial charge in [0.05, 0.1) is 11.7 Å². The van der Waals surface area contributed by atoms with Crippen LogP contribution in [0.15, 0.2) is 24.3 Å². The molecule has 0 spiro atoms. The molecule has 0 amide bonds. The van der Waals surface area contributed by atoms with Crippen LogP contribution in [0.3, 0.4) is 0 Å². The van der Waals surface area contributed by atoms with Crippen molar-refractivity contribution in [1.29, 1.82) is 0 Å². The standard InChI is InChI=1S/C10H14O/c1-7-6-9-4-5-10(3,11-9)8(7)2/h9H,1-2,4-6H2,3H3/t9-,10+/m0/s1. The van der Waals surface area contributed by atoms with Crippen molar-refractivity contribution in [3.05, 3.63) is 24.3 Å². The molecule has 2 rings (SSSR count). The second kappa shape index (κ2) is 1.98. The third-order valence-electron chi connectivity index (χ3n) is 2.91. The van der Waals surface area contributed by atoms with Crippen LogP contribution >= 0.6 is 0 Å². The minimum Gasteiger partial charge on any atom is -0.367 e. The van der Waals surface area contributed by atoms with E-state index in [4.69, 9.17) is 4.74 Å². The van der Waals surface area contributed by atoms with Gasteiger partial charge in [0.25, 0.3) is 0 Å². The van der Waals surface area contributed by atoms with Gasteiger partial charge >= 0.3 is 0 Å². The fourth-order valence-corrected chi connectivity index (χ4v) is 2.06. The van der Waals surface area contributed by atoms with E-state index in [9.17, 15) is 0 Å². The van der Waals surface area contributed by atoms with E-state index in [1.807, 2.05) is 0 Å². The summed E-state index contributed by atoms with van der Waals surface area (Å²) in [6.45, 7) is 10.1. The molecule has 11 heavy (non-hydrogen) atoms. The lowest BCUT2D eigenvalue weighted by Gasteiger charge is -2.33. The molecule has 2 bridgehead atoms. The third kappa shape index (κ3) is 0.875. The zero-order chi connectivity index (χ0) is 8.06. The van der Waals surface area contributed by atoms with Gasteiger partial charge in [0.15, 0.2) is 0 Å². The molecule has 0 unspecified atom stereocenters. The molecule has 0 aromatic heterocycles. The molecular weight excluding hydrogens is 136 g/mol. The predicted octanol–water partition coefficient (Wildman–Crippen LogP) is 2.44. The smallest absolute Gasteiger partial charge is 0.0904 e. The largest absolute Gasteiger partial charge is 0.367 e. The van der Waals surface area contributed by atoms with Gasteiger partial charge in [-0.05, 0) is 37.3 Å². The topological polar surface area (TPSA) is 9.23 Å². The number of ether oxygens (including phenoxy) is 1. The molecule has 0 aliphatic carbocycles.